The molecular weight excluding hydrogens is 192 g/mol. The highest BCUT2D eigenvalue weighted by Crippen LogP contribution is 2.26. The van der Waals surface area contributed by atoms with Crippen LogP contribution < -0.4 is 0 Å². The van der Waals surface area contributed by atoms with Crippen molar-refractivity contribution in [3.8, 4) is 0 Å². The molecule has 0 saturated heterocycles. The van der Waals surface area contributed by atoms with Crippen molar-refractivity contribution in [3.63, 3.8) is 0 Å². The monoisotopic (exact) mass is 210 g/mol. The fourth-order valence-electron chi connectivity index (χ4n) is 1.28. The van der Waals surface area contributed by atoms with Gasteiger partial charge in [0.05, 0.1) is 5.60 Å². The van der Waals surface area contributed by atoms with Gasteiger partial charge in [0.1, 0.15) is 0 Å². The quantitative estimate of drug-likeness (QED) is 0.768. The second-order valence-corrected chi connectivity index (χ2v) is 4.92. The molecule has 0 fully saturated rings. The van der Waals surface area contributed by atoms with Gasteiger partial charge >= 0.3 is 0 Å². The molecule has 0 heterocycles. The summed E-state index contributed by atoms with van der Waals surface area (Å²) < 4.78 is 0. The number of rotatable bonds is 4. The predicted octanol–water partition coefficient (Wildman–Crippen LogP) is 3.42. The third-order valence-electron chi connectivity index (χ3n) is 2.48. The molecule has 1 N–H and O–H groups in total. The van der Waals surface area contributed by atoms with Crippen molar-refractivity contribution in [3.05, 3.63) is 29.8 Å². The van der Waals surface area contributed by atoms with Gasteiger partial charge in [-0.25, -0.2) is 0 Å². The van der Waals surface area contributed by atoms with Crippen LogP contribution in [0.3, 0.4) is 0 Å². The maximum absolute atomic E-state index is 10.0. The highest BCUT2D eigenvalue weighted by atomic mass is 32.2. The normalized spacial score (nSPS) is 15.1. The van der Waals surface area contributed by atoms with Crippen LogP contribution in [0.25, 0.3) is 0 Å². The number of hydrogen-bond donors (Lipinski definition) is 1. The van der Waals surface area contributed by atoms with Crippen molar-refractivity contribution >= 4 is 11.8 Å². The number of thioether (sulfide) groups is 1. The lowest BCUT2D eigenvalue weighted by atomic mass is 9.94. The average molecular weight is 210 g/mol. The van der Waals surface area contributed by atoms with Gasteiger partial charge < -0.3 is 5.11 Å². The zero-order valence-corrected chi connectivity index (χ0v) is 9.90. The number of hydrogen-bond acceptors (Lipinski definition) is 2. The van der Waals surface area contributed by atoms with E-state index in [1.807, 2.05) is 37.7 Å². The van der Waals surface area contributed by atoms with Gasteiger partial charge in [-0.2, -0.15) is 0 Å². The van der Waals surface area contributed by atoms with Gasteiger partial charge in [-0.05, 0) is 36.8 Å². The molecule has 78 valence electrons. The van der Waals surface area contributed by atoms with Crippen molar-refractivity contribution in [1.82, 2.24) is 0 Å². The molecule has 0 aliphatic rings. The van der Waals surface area contributed by atoms with E-state index in [1.54, 1.807) is 0 Å². The molecule has 2 heteroatoms. The summed E-state index contributed by atoms with van der Waals surface area (Å²) in [7, 11) is 0. The first-order chi connectivity index (χ1) is 6.60. The second-order valence-electron chi connectivity index (χ2n) is 3.58. The van der Waals surface area contributed by atoms with E-state index in [1.165, 1.54) is 4.90 Å². The highest BCUT2D eigenvalue weighted by molar-refractivity contribution is 7.99. The zero-order valence-electron chi connectivity index (χ0n) is 9.08. The van der Waals surface area contributed by atoms with Crippen molar-refractivity contribution in [2.45, 2.75) is 37.7 Å². The Morgan fingerprint density at radius 1 is 1.21 bits per heavy atom. The fourth-order valence-corrected chi connectivity index (χ4v) is 1.94. The molecule has 0 aliphatic heterocycles. The topological polar surface area (TPSA) is 20.2 Å². The molecule has 1 rings (SSSR count). The van der Waals surface area contributed by atoms with E-state index in [9.17, 15) is 5.11 Å². The maximum Gasteiger partial charge on any atom is 0.0865 e. The summed E-state index contributed by atoms with van der Waals surface area (Å²) in [4.78, 5) is 1.27. The Morgan fingerprint density at radius 2 is 1.79 bits per heavy atom. The minimum Gasteiger partial charge on any atom is -0.385 e. The molecule has 0 bridgehead atoms. The molecule has 1 nitrogen and oxygen atoms in total. The van der Waals surface area contributed by atoms with Crippen LogP contribution in [-0.2, 0) is 5.60 Å². The van der Waals surface area contributed by atoms with Crippen LogP contribution >= 0.6 is 11.8 Å². The molecule has 0 saturated carbocycles. The van der Waals surface area contributed by atoms with Gasteiger partial charge in [0.2, 0.25) is 0 Å². The third-order valence-corrected chi connectivity index (χ3v) is 3.37. The van der Waals surface area contributed by atoms with Crippen LogP contribution in [0.1, 0.15) is 32.8 Å². The SMILES string of the molecule is CCSc1ccc(C(C)(O)CC)cc1. The predicted molar refractivity (Wildman–Crippen MR) is 62.7 cm³/mol. The molecule has 0 radical (unpaired) electrons. The van der Waals surface area contributed by atoms with Crippen LogP contribution in [0.4, 0.5) is 0 Å². The van der Waals surface area contributed by atoms with E-state index in [0.29, 0.717) is 0 Å². The summed E-state index contributed by atoms with van der Waals surface area (Å²) in [6.45, 7) is 5.99. The lowest BCUT2D eigenvalue weighted by Gasteiger charge is -2.21. The first-order valence-corrected chi connectivity index (χ1v) is 6.04. The Balaban J connectivity index is 2.82. The minimum atomic E-state index is -0.685. The molecule has 1 aromatic carbocycles. The summed E-state index contributed by atoms with van der Waals surface area (Å²) in [6, 6.07) is 8.18. The Hall–Kier alpha value is -0.470. The van der Waals surface area contributed by atoms with Gasteiger partial charge in [0.25, 0.3) is 0 Å². The van der Waals surface area contributed by atoms with E-state index >= 15 is 0 Å². The molecule has 14 heavy (non-hydrogen) atoms. The van der Waals surface area contributed by atoms with Crippen LogP contribution in [0.5, 0.6) is 0 Å². The van der Waals surface area contributed by atoms with Crippen LogP contribution in [0.2, 0.25) is 0 Å². The van der Waals surface area contributed by atoms with Crippen LogP contribution in [-0.4, -0.2) is 10.9 Å². The second kappa shape index (κ2) is 4.85. The molecule has 1 atom stereocenters. The average Bonchev–Trinajstić information content (AvgIpc) is 2.19. The Morgan fingerprint density at radius 3 is 2.21 bits per heavy atom. The smallest absolute Gasteiger partial charge is 0.0865 e. The largest absolute Gasteiger partial charge is 0.385 e. The van der Waals surface area contributed by atoms with Crippen molar-refractivity contribution in [1.29, 1.82) is 0 Å². The Kier molecular flexibility index (Phi) is 4.02. The number of benzene rings is 1. The zero-order chi connectivity index (χ0) is 10.6. The lowest BCUT2D eigenvalue weighted by Crippen LogP contribution is -2.19. The van der Waals surface area contributed by atoms with E-state index in [-0.39, 0.29) is 0 Å². The van der Waals surface area contributed by atoms with Gasteiger partial charge in [0, 0.05) is 4.90 Å². The fraction of sp³-hybridized carbons (Fsp3) is 0.500. The van der Waals surface area contributed by atoms with Crippen molar-refractivity contribution in [2.75, 3.05) is 5.75 Å². The molecule has 0 spiro atoms. The standard InChI is InChI=1S/C12H18OS/c1-4-12(3,13)10-6-8-11(9-7-10)14-5-2/h6-9,13H,4-5H2,1-3H3. The lowest BCUT2D eigenvalue weighted by molar-refractivity contribution is 0.0530. The van der Waals surface area contributed by atoms with Crippen LogP contribution in [0, 0.1) is 0 Å². The van der Waals surface area contributed by atoms with Crippen molar-refractivity contribution < 1.29 is 5.11 Å². The summed E-state index contributed by atoms with van der Waals surface area (Å²) in [6.07, 6.45) is 0.743. The summed E-state index contributed by atoms with van der Waals surface area (Å²) in [5.74, 6) is 1.09. The summed E-state index contributed by atoms with van der Waals surface area (Å²) in [5, 5.41) is 10.0. The van der Waals surface area contributed by atoms with Gasteiger partial charge in [-0.3, -0.25) is 0 Å². The van der Waals surface area contributed by atoms with Crippen LogP contribution in [0.15, 0.2) is 29.2 Å². The van der Waals surface area contributed by atoms with Crippen molar-refractivity contribution in [2.24, 2.45) is 0 Å². The summed E-state index contributed by atoms with van der Waals surface area (Å²) in [5.41, 5.74) is 0.315. The molecule has 0 amide bonds. The number of aliphatic hydroxyl groups is 1. The minimum absolute atomic E-state index is 0.685. The summed E-state index contributed by atoms with van der Waals surface area (Å²) >= 11 is 1.82. The van der Waals surface area contributed by atoms with E-state index in [0.717, 1.165) is 17.7 Å². The van der Waals surface area contributed by atoms with E-state index in [4.69, 9.17) is 0 Å². The first kappa shape index (κ1) is 11.6. The highest BCUT2D eigenvalue weighted by Gasteiger charge is 2.19. The molecule has 1 aromatic rings. The maximum atomic E-state index is 10.0. The van der Waals surface area contributed by atoms with E-state index in [2.05, 4.69) is 19.1 Å². The molecule has 0 aromatic heterocycles. The van der Waals surface area contributed by atoms with E-state index < -0.39 is 5.60 Å². The van der Waals surface area contributed by atoms with Gasteiger partial charge in [0.15, 0.2) is 0 Å². The molecule has 1 unspecified atom stereocenters. The van der Waals surface area contributed by atoms with Gasteiger partial charge in [-0.1, -0.05) is 26.0 Å². The van der Waals surface area contributed by atoms with Gasteiger partial charge in [-0.15, -0.1) is 11.8 Å². The Bertz CT molecular complexity index is 277. The first-order valence-electron chi connectivity index (χ1n) is 5.06. The molecule has 0 aliphatic carbocycles. The Labute approximate surface area is 90.5 Å². The third kappa shape index (κ3) is 2.76. The molecular formula is C12H18OS.